The van der Waals surface area contributed by atoms with Crippen LogP contribution in [-0.4, -0.2) is 45.3 Å². The zero-order valence-electron chi connectivity index (χ0n) is 21.4. The molecule has 196 valence electrons. The molecule has 1 aromatic carbocycles. The Kier molecular flexibility index (Phi) is 8.10. The van der Waals surface area contributed by atoms with E-state index in [4.69, 9.17) is 4.74 Å². The lowest BCUT2D eigenvalue weighted by molar-refractivity contribution is -0.120. The van der Waals surface area contributed by atoms with Gasteiger partial charge in [-0.2, -0.15) is 0 Å². The first-order valence-electron chi connectivity index (χ1n) is 12.4. The number of hydrogen-bond acceptors (Lipinski definition) is 7. The topological polar surface area (TPSA) is 132 Å². The Balaban J connectivity index is 1.48. The van der Waals surface area contributed by atoms with Gasteiger partial charge in [0.25, 0.3) is 11.5 Å². The number of aromatic nitrogens is 3. The lowest BCUT2D eigenvalue weighted by atomic mass is 9.93. The van der Waals surface area contributed by atoms with Crippen LogP contribution in [0, 0.1) is 11.8 Å². The highest BCUT2D eigenvalue weighted by Crippen LogP contribution is 2.24. The van der Waals surface area contributed by atoms with Gasteiger partial charge in [0.1, 0.15) is 17.8 Å². The standard InChI is InChI=1S/C28H29N5O5/c1-4-17(2)18(3)25(34)32-21-8-7-19-9-12-33-24(22(19)14-21)31-16-23(27(33)36)28(37)38-13-11-30-26(35)20-6-5-10-29-15-20/h5-10,12,14-18H,4,11,13H2,1-3H3,(H,30,35)(H,32,34). The average Bonchev–Trinajstić information content (AvgIpc) is 2.94. The molecule has 0 aliphatic heterocycles. The summed E-state index contributed by atoms with van der Waals surface area (Å²) in [6.07, 6.45) is 6.61. The van der Waals surface area contributed by atoms with Crippen molar-refractivity contribution in [1.29, 1.82) is 0 Å². The van der Waals surface area contributed by atoms with Crippen LogP contribution in [0.25, 0.3) is 16.4 Å². The zero-order chi connectivity index (χ0) is 27.2. The number of ether oxygens (including phenoxy) is 1. The number of hydrogen-bond donors (Lipinski definition) is 2. The molecule has 0 bridgehead atoms. The molecular formula is C28H29N5O5. The van der Waals surface area contributed by atoms with Gasteiger partial charge in [0.15, 0.2) is 0 Å². The Morgan fingerprint density at radius 1 is 1.11 bits per heavy atom. The fourth-order valence-corrected chi connectivity index (χ4v) is 3.93. The zero-order valence-corrected chi connectivity index (χ0v) is 21.4. The van der Waals surface area contributed by atoms with Gasteiger partial charge in [-0.25, -0.2) is 9.78 Å². The van der Waals surface area contributed by atoms with Crippen molar-refractivity contribution < 1.29 is 19.1 Å². The second-order valence-electron chi connectivity index (χ2n) is 9.09. The van der Waals surface area contributed by atoms with Crippen molar-refractivity contribution in [3.8, 4) is 0 Å². The summed E-state index contributed by atoms with van der Waals surface area (Å²) in [6.45, 7) is 5.93. The lowest BCUT2D eigenvalue weighted by Crippen LogP contribution is -2.29. The van der Waals surface area contributed by atoms with E-state index in [1.807, 2.05) is 26.8 Å². The Bertz CT molecular complexity index is 1550. The van der Waals surface area contributed by atoms with Gasteiger partial charge in [0.2, 0.25) is 5.91 Å². The maximum atomic E-state index is 13.1. The summed E-state index contributed by atoms with van der Waals surface area (Å²) in [6, 6.07) is 10.4. The molecule has 0 aliphatic carbocycles. The van der Waals surface area contributed by atoms with E-state index in [2.05, 4.69) is 20.6 Å². The number of carbonyl (C=O) groups is 3. The van der Waals surface area contributed by atoms with Crippen molar-refractivity contribution in [3.05, 3.63) is 82.7 Å². The monoisotopic (exact) mass is 515 g/mol. The molecule has 10 heteroatoms. The summed E-state index contributed by atoms with van der Waals surface area (Å²) in [4.78, 5) is 58.6. The second-order valence-corrected chi connectivity index (χ2v) is 9.09. The molecule has 2 amide bonds. The Morgan fingerprint density at radius 3 is 2.66 bits per heavy atom. The van der Waals surface area contributed by atoms with E-state index < -0.39 is 11.5 Å². The third-order valence-electron chi connectivity index (χ3n) is 6.63. The summed E-state index contributed by atoms with van der Waals surface area (Å²) in [5.74, 6) is -1.18. The predicted octanol–water partition coefficient (Wildman–Crippen LogP) is 3.45. The van der Waals surface area contributed by atoms with Crippen molar-refractivity contribution in [3.63, 3.8) is 0 Å². The van der Waals surface area contributed by atoms with Crippen LogP contribution in [0.5, 0.6) is 0 Å². The first-order valence-corrected chi connectivity index (χ1v) is 12.4. The fraction of sp³-hybridized carbons (Fsp3) is 0.286. The van der Waals surface area contributed by atoms with Gasteiger partial charge in [-0.3, -0.25) is 23.8 Å². The third kappa shape index (κ3) is 5.69. The lowest BCUT2D eigenvalue weighted by Gasteiger charge is -2.18. The highest BCUT2D eigenvalue weighted by Gasteiger charge is 2.20. The number of pyridine rings is 2. The van der Waals surface area contributed by atoms with Crippen LogP contribution in [0.4, 0.5) is 5.69 Å². The molecule has 0 saturated carbocycles. The molecule has 2 atom stereocenters. The smallest absolute Gasteiger partial charge is 0.345 e. The number of carbonyl (C=O) groups excluding carboxylic acids is 3. The summed E-state index contributed by atoms with van der Waals surface area (Å²) < 4.78 is 6.45. The summed E-state index contributed by atoms with van der Waals surface area (Å²) in [5.41, 5.74) is 0.514. The van der Waals surface area contributed by atoms with E-state index in [1.165, 1.54) is 16.8 Å². The molecule has 0 spiro atoms. The van der Waals surface area contributed by atoms with E-state index in [-0.39, 0.29) is 42.4 Å². The molecule has 3 aromatic heterocycles. The Labute approximate surface area is 219 Å². The Hall–Kier alpha value is -4.60. The minimum absolute atomic E-state index is 0.0661. The van der Waals surface area contributed by atoms with Crippen LogP contribution in [0.2, 0.25) is 0 Å². The maximum absolute atomic E-state index is 13.1. The van der Waals surface area contributed by atoms with Gasteiger partial charge in [0.05, 0.1) is 12.1 Å². The van der Waals surface area contributed by atoms with Crippen LogP contribution in [0.1, 0.15) is 47.9 Å². The number of amides is 2. The van der Waals surface area contributed by atoms with Crippen LogP contribution in [0.3, 0.4) is 0 Å². The summed E-state index contributed by atoms with van der Waals surface area (Å²) in [5, 5.41) is 7.04. The first kappa shape index (κ1) is 26.5. The molecule has 10 nitrogen and oxygen atoms in total. The van der Waals surface area contributed by atoms with E-state index >= 15 is 0 Å². The Morgan fingerprint density at radius 2 is 1.92 bits per heavy atom. The predicted molar refractivity (Wildman–Crippen MR) is 143 cm³/mol. The van der Waals surface area contributed by atoms with E-state index in [0.29, 0.717) is 22.3 Å². The van der Waals surface area contributed by atoms with E-state index in [0.717, 1.165) is 11.8 Å². The van der Waals surface area contributed by atoms with Crippen LogP contribution < -0.4 is 16.2 Å². The number of fused-ring (bicyclic) bond motifs is 3. The van der Waals surface area contributed by atoms with Crippen molar-refractivity contribution in [2.45, 2.75) is 27.2 Å². The van der Waals surface area contributed by atoms with Crippen molar-refractivity contribution in [2.75, 3.05) is 18.5 Å². The summed E-state index contributed by atoms with van der Waals surface area (Å²) >= 11 is 0. The van der Waals surface area contributed by atoms with Crippen LogP contribution in [-0.2, 0) is 9.53 Å². The molecule has 3 heterocycles. The number of nitrogens with zero attached hydrogens (tertiary/aromatic N) is 3. The molecular weight excluding hydrogens is 486 g/mol. The van der Waals surface area contributed by atoms with Gasteiger partial charge < -0.3 is 15.4 Å². The molecule has 4 aromatic rings. The van der Waals surface area contributed by atoms with Crippen molar-refractivity contribution in [1.82, 2.24) is 19.7 Å². The van der Waals surface area contributed by atoms with E-state index in [9.17, 15) is 19.2 Å². The SMILES string of the molecule is CCC(C)C(C)C(=O)Nc1ccc2ccn3c(=O)c(C(=O)OCCNC(=O)c4cccnc4)cnc3c2c1. The van der Waals surface area contributed by atoms with Gasteiger partial charge in [0, 0.05) is 41.8 Å². The van der Waals surface area contributed by atoms with Crippen molar-refractivity contribution >= 4 is 39.9 Å². The molecule has 38 heavy (non-hydrogen) atoms. The van der Waals surface area contributed by atoms with Gasteiger partial charge >= 0.3 is 5.97 Å². The molecule has 0 fully saturated rings. The maximum Gasteiger partial charge on any atom is 0.345 e. The molecule has 0 radical (unpaired) electrons. The fourth-order valence-electron chi connectivity index (χ4n) is 3.93. The van der Waals surface area contributed by atoms with Crippen LogP contribution >= 0.6 is 0 Å². The number of benzene rings is 1. The number of rotatable bonds is 9. The molecule has 2 unspecified atom stereocenters. The first-order chi connectivity index (χ1) is 18.3. The summed E-state index contributed by atoms with van der Waals surface area (Å²) in [7, 11) is 0. The number of esters is 1. The second kappa shape index (κ2) is 11.6. The van der Waals surface area contributed by atoms with Crippen molar-refractivity contribution in [2.24, 2.45) is 11.8 Å². The minimum atomic E-state index is -0.840. The van der Waals surface area contributed by atoms with Gasteiger partial charge in [-0.15, -0.1) is 0 Å². The quantitative estimate of drug-likeness (QED) is 0.198. The normalized spacial score (nSPS) is 12.6. The van der Waals surface area contributed by atoms with Gasteiger partial charge in [-0.05, 0) is 41.6 Å². The number of nitrogens with one attached hydrogen (secondary N) is 2. The average molecular weight is 516 g/mol. The largest absolute Gasteiger partial charge is 0.460 e. The molecule has 4 rings (SSSR count). The minimum Gasteiger partial charge on any atom is -0.460 e. The molecule has 0 saturated heterocycles. The molecule has 2 N–H and O–H groups in total. The molecule has 0 aliphatic rings. The van der Waals surface area contributed by atoms with Gasteiger partial charge in [-0.1, -0.05) is 33.3 Å². The number of anilines is 1. The van der Waals surface area contributed by atoms with E-state index in [1.54, 1.807) is 42.7 Å². The highest BCUT2D eigenvalue weighted by atomic mass is 16.5. The van der Waals surface area contributed by atoms with Crippen LogP contribution in [0.15, 0.2) is 66.0 Å². The highest BCUT2D eigenvalue weighted by molar-refractivity contribution is 6.00. The third-order valence-corrected chi connectivity index (χ3v) is 6.63.